The fourth-order valence-electron chi connectivity index (χ4n) is 1.83. The second-order valence-corrected chi connectivity index (χ2v) is 3.79. The second-order valence-electron chi connectivity index (χ2n) is 3.31. The predicted molar refractivity (Wildman–Crippen MR) is 52.0 cm³/mol. The number of fused-ring (bicyclic) bond motifs is 1. The third-order valence-electron chi connectivity index (χ3n) is 2.43. The van der Waals surface area contributed by atoms with Crippen LogP contribution in [0.25, 0.3) is 0 Å². The van der Waals surface area contributed by atoms with Crippen LogP contribution in [0, 0.1) is 0 Å². The van der Waals surface area contributed by atoms with Crippen LogP contribution in [-0.4, -0.2) is 5.11 Å². The van der Waals surface area contributed by atoms with Crippen molar-refractivity contribution in [2.24, 2.45) is 0 Å². The van der Waals surface area contributed by atoms with Crippen molar-refractivity contribution in [1.82, 2.24) is 0 Å². The van der Waals surface area contributed by atoms with Crippen molar-refractivity contribution in [1.29, 1.82) is 0 Å². The molecule has 0 atom stereocenters. The quantitative estimate of drug-likeness (QED) is 0.588. The average molecular weight is 180 g/mol. The lowest BCUT2D eigenvalue weighted by molar-refractivity contribution is 0.471. The van der Waals surface area contributed by atoms with Gasteiger partial charge in [-0.15, -0.1) is 12.6 Å². The van der Waals surface area contributed by atoms with E-state index in [1.807, 2.05) is 6.07 Å². The summed E-state index contributed by atoms with van der Waals surface area (Å²) in [7, 11) is 0. The number of phenols is 1. The molecule has 1 aliphatic rings. The average Bonchev–Trinajstić information content (AvgIpc) is 2.04. The van der Waals surface area contributed by atoms with Gasteiger partial charge < -0.3 is 5.11 Å². The van der Waals surface area contributed by atoms with Crippen LogP contribution in [0.2, 0.25) is 0 Å². The van der Waals surface area contributed by atoms with Gasteiger partial charge in [0.2, 0.25) is 0 Å². The van der Waals surface area contributed by atoms with Crippen molar-refractivity contribution in [3.63, 3.8) is 0 Å². The zero-order valence-electron chi connectivity index (χ0n) is 6.88. The minimum absolute atomic E-state index is 0.348. The molecule has 0 amide bonds. The molecule has 1 aromatic rings. The smallest absolute Gasteiger partial charge is 0.116 e. The van der Waals surface area contributed by atoms with Crippen LogP contribution >= 0.6 is 12.6 Å². The summed E-state index contributed by atoms with van der Waals surface area (Å²) in [6, 6.07) is 3.60. The number of thiol groups is 1. The van der Waals surface area contributed by atoms with E-state index in [1.165, 1.54) is 24.0 Å². The maximum absolute atomic E-state index is 9.32. The van der Waals surface area contributed by atoms with Crippen LogP contribution in [0.15, 0.2) is 17.0 Å². The van der Waals surface area contributed by atoms with Crippen LogP contribution in [-0.2, 0) is 12.8 Å². The molecule has 0 radical (unpaired) electrons. The predicted octanol–water partition coefficient (Wildman–Crippen LogP) is 2.56. The van der Waals surface area contributed by atoms with Gasteiger partial charge in [0.05, 0.1) is 0 Å². The molecule has 0 spiro atoms. The van der Waals surface area contributed by atoms with Crippen LogP contribution < -0.4 is 0 Å². The Kier molecular flexibility index (Phi) is 2.01. The Morgan fingerprint density at radius 1 is 1.17 bits per heavy atom. The van der Waals surface area contributed by atoms with E-state index in [4.69, 9.17) is 0 Å². The highest BCUT2D eigenvalue weighted by atomic mass is 32.1. The lowest BCUT2D eigenvalue weighted by atomic mass is 9.91. The van der Waals surface area contributed by atoms with Gasteiger partial charge in [-0.05, 0) is 48.9 Å². The third kappa shape index (κ3) is 1.31. The van der Waals surface area contributed by atoms with E-state index in [2.05, 4.69) is 12.6 Å². The standard InChI is InChI=1S/C10H12OS/c11-8-5-7-3-1-2-4-9(7)10(12)6-8/h5-6,11-12H,1-4H2. The molecule has 0 bridgehead atoms. The Morgan fingerprint density at radius 3 is 2.75 bits per heavy atom. The molecule has 1 aliphatic carbocycles. The molecule has 0 unspecified atom stereocenters. The van der Waals surface area contributed by atoms with Gasteiger partial charge in [0.25, 0.3) is 0 Å². The zero-order chi connectivity index (χ0) is 8.55. The van der Waals surface area contributed by atoms with Crippen molar-refractivity contribution in [2.45, 2.75) is 30.6 Å². The van der Waals surface area contributed by atoms with E-state index >= 15 is 0 Å². The molecular weight excluding hydrogens is 168 g/mol. The van der Waals surface area contributed by atoms with Gasteiger partial charge >= 0.3 is 0 Å². The van der Waals surface area contributed by atoms with Gasteiger partial charge in [-0.3, -0.25) is 0 Å². The van der Waals surface area contributed by atoms with E-state index in [0.717, 1.165) is 17.7 Å². The van der Waals surface area contributed by atoms with Crippen LogP contribution in [0.4, 0.5) is 0 Å². The van der Waals surface area contributed by atoms with Crippen molar-refractivity contribution in [3.8, 4) is 5.75 Å². The Hall–Kier alpha value is -0.630. The van der Waals surface area contributed by atoms with Gasteiger partial charge in [0, 0.05) is 4.90 Å². The number of aryl methyl sites for hydroxylation is 1. The summed E-state index contributed by atoms with van der Waals surface area (Å²) in [5.74, 6) is 0.348. The minimum atomic E-state index is 0.348. The molecule has 2 heteroatoms. The molecule has 2 rings (SSSR count). The Balaban J connectivity index is 2.53. The van der Waals surface area contributed by atoms with Gasteiger partial charge in [0.1, 0.15) is 5.75 Å². The maximum atomic E-state index is 9.32. The van der Waals surface area contributed by atoms with E-state index in [1.54, 1.807) is 6.07 Å². The van der Waals surface area contributed by atoms with Gasteiger partial charge in [-0.25, -0.2) is 0 Å². The number of hydrogen-bond donors (Lipinski definition) is 2. The first-order chi connectivity index (χ1) is 5.77. The highest BCUT2D eigenvalue weighted by molar-refractivity contribution is 7.80. The first-order valence-corrected chi connectivity index (χ1v) is 4.76. The van der Waals surface area contributed by atoms with Crippen molar-refractivity contribution >= 4 is 12.6 Å². The molecule has 0 fully saturated rings. The molecule has 0 aliphatic heterocycles. The Morgan fingerprint density at radius 2 is 1.92 bits per heavy atom. The molecule has 0 aromatic heterocycles. The van der Waals surface area contributed by atoms with Crippen LogP contribution in [0.1, 0.15) is 24.0 Å². The molecule has 64 valence electrons. The highest BCUT2D eigenvalue weighted by Crippen LogP contribution is 2.30. The van der Waals surface area contributed by atoms with Crippen molar-refractivity contribution in [3.05, 3.63) is 23.3 Å². The van der Waals surface area contributed by atoms with Crippen LogP contribution in [0.3, 0.4) is 0 Å². The topological polar surface area (TPSA) is 20.2 Å². The molecule has 12 heavy (non-hydrogen) atoms. The summed E-state index contributed by atoms with van der Waals surface area (Å²) in [4.78, 5) is 0.949. The van der Waals surface area contributed by atoms with Gasteiger partial charge in [0.15, 0.2) is 0 Å². The summed E-state index contributed by atoms with van der Waals surface area (Å²) < 4.78 is 0. The third-order valence-corrected chi connectivity index (χ3v) is 2.83. The molecule has 1 aromatic carbocycles. The molecule has 0 saturated carbocycles. The Bertz CT molecular complexity index is 307. The SMILES string of the molecule is Oc1cc(S)c2c(c1)CCCC2. The monoisotopic (exact) mass is 180 g/mol. The van der Waals surface area contributed by atoms with Crippen molar-refractivity contribution < 1.29 is 5.11 Å². The number of hydrogen-bond acceptors (Lipinski definition) is 2. The molecule has 0 heterocycles. The number of rotatable bonds is 0. The fraction of sp³-hybridized carbons (Fsp3) is 0.400. The molecule has 1 nitrogen and oxygen atoms in total. The lowest BCUT2D eigenvalue weighted by Crippen LogP contribution is -2.02. The van der Waals surface area contributed by atoms with Gasteiger partial charge in [-0.2, -0.15) is 0 Å². The summed E-state index contributed by atoms with van der Waals surface area (Å²) in [6.45, 7) is 0. The largest absolute Gasteiger partial charge is 0.508 e. The van der Waals surface area contributed by atoms with E-state index in [9.17, 15) is 5.11 Å². The fourth-order valence-corrected chi connectivity index (χ4v) is 2.22. The first kappa shape index (κ1) is 7.99. The first-order valence-electron chi connectivity index (χ1n) is 4.31. The summed E-state index contributed by atoms with van der Waals surface area (Å²) in [5, 5.41) is 9.32. The Labute approximate surface area is 77.8 Å². The lowest BCUT2D eigenvalue weighted by Gasteiger charge is -2.17. The van der Waals surface area contributed by atoms with E-state index in [-0.39, 0.29) is 0 Å². The summed E-state index contributed by atoms with van der Waals surface area (Å²) in [5.41, 5.74) is 2.62. The normalized spacial score (nSPS) is 15.8. The number of aromatic hydroxyl groups is 1. The number of benzene rings is 1. The maximum Gasteiger partial charge on any atom is 0.116 e. The minimum Gasteiger partial charge on any atom is -0.508 e. The van der Waals surface area contributed by atoms with Crippen LogP contribution in [0.5, 0.6) is 5.75 Å². The van der Waals surface area contributed by atoms with E-state index < -0.39 is 0 Å². The highest BCUT2D eigenvalue weighted by Gasteiger charge is 2.12. The van der Waals surface area contributed by atoms with Gasteiger partial charge in [-0.1, -0.05) is 0 Å². The second kappa shape index (κ2) is 3.02. The number of phenolic OH excluding ortho intramolecular Hbond substituents is 1. The summed E-state index contributed by atoms with van der Waals surface area (Å²) >= 11 is 4.35. The summed E-state index contributed by atoms with van der Waals surface area (Å²) in [6.07, 6.45) is 4.71. The molecule has 0 saturated heterocycles. The molecular formula is C10H12OS. The van der Waals surface area contributed by atoms with E-state index in [0.29, 0.717) is 5.75 Å². The molecule has 1 N–H and O–H groups in total. The van der Waals surface area contributed by atoms with Crippen molar-refractivity contribution in [2.75, 3.05) is 0 Å². The zero-order valence-corrected chi connectivity index (χ0v) is 7.77.